The smallest absolute Gasteiger partial charge is 0.343 e. The molecule has 94 valence electrons. The van der Waals surface area contributed by atoms with Crippen LogP contribution in [0.3, 0.4) is 0 Å². The van der Waals surface area contributed by atoms with E-state index < -0.39 is 5.97 Å². The summed E-state index contributed by atoms with van der Waals surface area (Å²) >= 11 is 6.57. The number of carboxylic acid groups (broad SMARTS) is 1. The van der Waals surface area contributed by atoms with Crippen LogP contribution in [0.5, 0.6) is 16.6 Å². The Morgan fingerprint density at radius 3 is 2.50 bits per heavy atom. The second-order valence-corrected chi connectivity index (χ2v) is 4.31. The minimum atomic E-state index is -1.17. The zero-order valence-corrected chi connectivity index (χ0v) is 10.8. The summed E-state index contributed by atoms with van der Waals surface area (Å²) < 4.78 is 14.2. The topological polar surface area (TPSA) is 68.7 Å². The number of benzene rings is 1. The standard InChI is InChI=1S/C11H8ClNO4S/c1-16-6-2-4-7(5-3-6)17-11-8(10(14)15)9(12)13-18-11/h2-5H,1H3,(H,14,15). The summed E-state index contributed by atoms with van der Waals surface area (Å²) in [6, 6.07) is 6.74. The third kappa shape index (κ3) is 2.55. The number of aromatic carboxylic acids is 1. The van der Waals surface area contributed by atoms with Gasteiger partial charge in [0, 0.05) is 11.5 Å². The zero-order valence-electron chi connectivity index (χ0n) is 9.21. The highest BCUT2D eigenvalue weighted by Gasteiger charge is 2.20. The van der Waals surface area contributed by atoms with E-state index in [0.29, 0.717) is 11.5 Å². The predicted molar refractivity (Wildman–Crippen MR) is 67.2 cm³/mol. The number of rotatable bonds is 4. The predicted octanol–water partition coefficient (Wildman–Crippen LogP) is 3.30. The summed E-state index contributed by atoms with van der Waals surface area (Å²) in [7, 11) is 1.56. The molecule has 7 heteroatoms. The van der Waals surface area contributed by atoms with E-state index >= 15 is 0 Å². The molecule has 0 radical (unpaired) electrons. The van der Waals surface area contributed by atoms with Gasteiger partial charge in [0.05, 0.1) is 7.11 Å². The van der Waals surface area contributed by atoms with Gasteiger partial charge in [0.15, 0.2) is 10.7 Å². The van der Waals surface area contributed by atoms with Crippen molar-refractivity contribution < 1.29 is 19.4 Å². The quantitative estimate of drug-likeness (QED) is 0.933. The minimum absolute atomic E-state index is 0.0731. The van der Waals surface area contributed by atoms with Gasteiger partial charge in [-0.3, -0.25) is 0 Å². The molecular formula is C11H8ClNO4S. The average molecular weight is 286 g/mol. The largest absolute Gasteiger partial charge is 0.497 e. The molecule has 0 aliphatic carbocycles. The lowest BCUT2D eigenvalue weighted by atomic mass is 10.3. The van der Waals surface area contributed by atoms with Crippen LogP contribution in [0.4, 0.5) is 0 Å². The molecule has 1 N–H and O–H groups in total. The van der Waals surface area contributed by atoms with Crippen LogP contribution in [0, 0.1) is 0 Å². The lowest BCUT2D eigenvalue weighted by Gasteiger charge is -2.04. The van der Waals surface area contributed by atoms with Crippen LogP contribution in [-0.4, -0.2) is 22.6 Å². The fourth-order valence-electron chi connectivity index (χ4n) is 1.25. The second-order valence-electron chi connectivity index (χ2n) is 3.22. The highest BCUT2D eigenvalue weighted by Crippen LogP contribution is 2.34. The van der Waals surface area contributed by atoms with Gasteiger partial charge < -0.3 is 14.6 Å². The first kappa shape index (κ1) is 12.7. The first-order chi connectivity index (χ1) is 8.61. The summed E-state index contributed by atoms with van der Waals surface area (Å²) in [6.45, 7) is 0. The van der Waals surface area contributed by atoms with Gasteiger partial charge in [0.25, 0.3) is 0 Å². The van der Waals surface area contributed by atoms with Gasteiger partial charge in [0.1, 0.15) is 11.5 Å². The van der Waals surface area contributed by atoms with E-state index in [0.717, 1.165) is 11.5 Å². The van der Waals surface area contributed by atoms with Crippen molar-refractivity contribution in [3.05, 3.63) is 35.0 Å². The van der Waals surface area contributed by atoms with E-state index in [-0.39, 0.29) is 15.8 Å². The Hall–Kier alpha value is -1.79. The highest BCUT2D eigenvalue weighted by atomic mass is 35.5. The molecule has 2 aromatic rings. The Labute approximate surface area is 112 Å². The van der Waals surface area contributed by atoms with Crippen molar-refractivity contribution in [3.63, 3.8) is 0 Å². The van der Waals surface area contributed by atoms with Gasteiger partial charge in [-0.25, -0.2) is 4.79 Å². The highest BCUT2D eigenvalue weighted by molar-refractivity contribution is 7.08. The molecule has 0 aliphatic heterocycles. The molecule has 5 nitrogen and oxygen atoms in total. The third-order valence-corrected chi connectivity index (χ3v) is 3.20. The Morgan fingerprint density at radius 2 is 1.94 bits per heavy atom. The van der Waals surface area contributed by atoms with E-state index in [1.807, 2.05) is 0 Å². The van der Waals surface area contributed by atoms with Crippen LogP contribution in [0.1, 0.15) is 10.4 Å². The lowest BCUT2D eigenvalue weighted by molar-refractivity contribution is 0.0695. The number of aromatic nitrogens is 1. The second kappa shape index (κ2) is 5.24. The van der Waals surface area contributed by atoms with Gasteiger partial charge in [-0.2, -0.15) is 4.37 Å². The van der Waals surface area contributed by atoms with Crippen LogP contribution >= 0.6 is 23.1 Å². The molecule has 0 bridgehead atoms. The van der Waals surface area contributed by atoms with Crippen molar-refractivity contribution in [3.8, 4) is 16.6 Å². The molecule has 0 fully saturated rings. The van der Waals surface area contributed by atoms with Crippen molar-refractivity contribution in [1.82, 2.24) is 4.37 Å². The first-order valence-electron chi connectivity index (χ1n) is 4.82. The van der Waals surface area contributed by atoms with Gasteiger partial charge in [0.2, 0.25) is 5.06 Å². The van der Waals surface area contributed by atoms with E-state index in [9.17, 15) is 4.79 Å². The van der Waals surface area contributed by atoms with Crippen molar-refractivity contribution in [2.75, 3.05) is 7.11 Å². The molecule has 0 saturated carbocycles. The number of nitrogens with zero attached hydrogens (tertiary/aromatic N) is 1. The SMILES string of the molecule is COc1ccc(Oc2snc(Cl)c2C(=O)O)cc1. The Morgan fingerprint density at radius 1 is 1.33 bits per heavy atom. The van der Waals surface area contributed by atoms with Crippen molar-refractivity contribution in [1.29, 1.82) is 0 Å². The molecule has 0 amide bonds. The van der Waals surface area contributed by atoms with E-state index in [1.165, 1.54) is 0 Å². The fourth-order valence-corrected chi connectivity index (χ4v) is 2.24. The number of carboxylic acids is 1. The van der Waals surface area contributed by atoms with Crippen LogP contribution < -0.4 is 9.47 Å². The van der Waals surface area contributed by atoms with E-state index in [4.69, 9.17) is 26.2 Å². The molecule has 0 saturated heterocycles. The maximum absolute atomic E-state index is 11.0. The average Bonchev–Trinajstić information content (AvgIpc) is 2.71. The van der Waals surface area contributed by atoms with Crippen LogP contribution in [0.15, 0.2) is 24.3 Å². The molecule has 1 aromatic carbocycles. The molecule has 1 aromatic heterocycles. The monoisotopic (exact) mass is 285 g/mol. The number of hydrogen-bond acceptors (Lipinski definition) is 5. The molecular weight excluding hydrogens is 278 g/mol. The van der Waals surface area contributed by atoms with Gasteiger partial charge in [-0.1, -0.05) is 11.6 Å². The third-order valence-electron chi connectivity index (χ3n) is 2.10. The van der Waals surface area contributed by atoms with Crippen LogP contribution in [0.25, 0.3) is 0 Å². The molecule has 0 atom stereocenters. The summed E-state index contributed by atoms with van der Waals surface area (Å²) in [5, 5.41) is 9.06. The molecule has 0 spiro atoms. The number of carbonyl (C=O) groups is 1. The summed E-state index contributed by atoms with van der Waals surface area (Å²) in [4.78, 5) is 11.0. The van der Waals surface area contributed by atoms with Crippen LogP contribution in [0.2, 0.25) is 5.15 Å². The summed E-state index contributed by atoms with van der Waals surface area (Å²) in [6.07, 6.45) is 0. The van der Waals surface area contributed by atoms with Crippen molar-refractivity contribution in [2.24, 2.45) is 0 Å². The Balaban J connectivity index is 2.25. The van der Waals surface area contributed by atoms with E-state index in [2.05, 4.69) is 4.37 Å². The molecule has 0 unspecified atom stereocenters. The van der Waals surface area contributed by atoms with Gasteiger partial charge in [-0.15, -0.1) is 0 Å². The normalized spacial score (nSPS) is 10.1. The van der Waals surface area contributed by atoms with Crippen LogP contribution in [-0.2, 0) is 0 Å². The molecule has 2 rings (SSSR count). The number of methoxy groups -OCH3 is 1. The van der Waals surface area contributed by atoms with Gasteiger partial charge >= 0.3 is 5.97 Å². The van der Waals surface area contributed by atoms with Crippen molar-refractivity contribution >= 4 is 29.1 Å². The molecule has 1 heterocycles. The zero-order chi connectivity index (χ0) is 13.1. The molecule has 0 aliphatic rings. The lowest BCUT2D eigenvalue weighted by Crippen LogP contribution is -1.97. The number of ether oxygens (including phenoxy) is 2. The Bertz CT molecular complexity index is 567. The summed E-state index contributed by atoms with van der Waals surface area (Å²) in [5.74, 6) is -0.000904. The number of hydrogen-bond donors (Lipinski definition) is 1. The van der Waals surface area contributed by atoms with Crippen molar-refractivity contribution in [2.45, 2.75) is 0 Å². The number of halogens is 1. The Kier molecular flexibility index (Phi) is 3.69. The minimum Gasteiger partial charge on any atom is -0.497 e. The molecule has 18 heavy (non-hydrogen) atoms. The van der Waals surface area contributed by atoms with E-state index in [1.54, 1.807) is 31.4 Å². The fraction of sp³-hybridized carbons (Fsp3) is 0.0909. The maximum atomic E-state index is 11.0. The van der Waals surface area contributed by atoms with Gasteiger partial charge in [-0.05, 0) is 24.3 Å². The summed E-state index contributed by atoms with van der Waals surface area (Å²) in [5.41, 5.74) is -0.127. The first-order valence-corrected chi connectivity index (χ1v) is 5.97. The maximum Gasteiger partial charge on any atom is 0.343 e.